The first-order valence-electron chi connectivity index (χ1n) is 4.93. The van der Waals surface area contributed by atoms with Crippen molar-refractivity contribution < 1.29 is 4.79 Å². The third-order valence-electron chi connectivity index (χ3n) is 2.77. The Morgan fingerprint density at radius 2 is 2.43 bits per heavy atom. The first-order chi connectivity index (χ1) is 6.77. The van der Waals surface area contributed by atoms with Crippen LogP contribution in [0.5, 0.6) is 0 Å². The van der Waals surface area contributed by atoms with Crippen molar-refractivity contribution in [2.75, 3.05) is 13.1 Å². The van der Waals surface area contributed by atoms with E-state index in [1.54, 1.807) is 6.20 Å². The SMILES string of the molecule is CC(c1cccnc1)N1CCC(=O)C1. The lowest BCUT2D eigenvalue weighted by molar-refractivity contribution is -0.117. The maximum Gasteiger partial charge on any atom is 0.148 e. The van der Waals surface area contributed by atoms with Gasteiger partial charge in [0.2, 0.25) is 0 Å². The maximum atomic E-state index is 11.1. The molecule has 0 aliphatic carbocycles. The second-order valence-electron chi connectivity index (χ2n) is 3.72. The maximum absolute atomic E-state index is 11.1. The van der Waals surface area contributed by atoms with Crippen molar-refractivity contribution in [3.63, 3.8) is 0 Å². The lowest BCUT2D eigenvalue weighted by atomic mass is 10.1. The summed E-state index contributed by atoms with van der Waals surface area (Å²) in [5, 5.41) is 0. The third kappa shape index (κ3) is 1.82. The van der Waals surface area contributed by atoms with Crippen LogP contribution in [-0.4, -0.2) is 28.8 Å². The Morgan fingerprint density at radius 1 is 1.57 bits per heavy atom. The van der Waals surface area contributed by atoms with Gasteiger partial charge in [0.1, 0.15) is 5.78 Å². The molecule has 1 aliphatic rings. The molecule has 3 nitrogen and oxygen atoms in total. The van der Waals surface area contributed by atoms with Crippen LogP contribution in [0.25, 0.3) is 0 Å². The van der Waals surface area contributed by atoms with Gasteiger partial charge in [-0.3, -0.25) is 14.7 Å². The number of nitrogens with zero attached hydrogens (tertiary/aromatic N) is 2. The number of aromatic nitrogens is 1. The molecule has 0 radical (unpaired) electrons. The zero-order valence-electron chi connectivity index (χ0n) is 8.31. The van der Waals surface area contributed by atoms with Gasteiger partial charge in [-0.15, -0.1) is 0 Å². The minimum absolute atomic E-state index is 0.301. The van der Waals surface area contributed by atoms with Crippen molar-refractivity contribution in [3.8, 4) is 0 Å². The van der Waals surface area contributed by atoms with E-state index in [1.165, 1.54) is 5.56 Å². The smallest absolute Gasteiger partial charge is 0.148 e. The Kier molecular flexibility index (Phi) is 2.59. The Bertz CT molecular complexity index is 323. The summed E-state index contributed by atoms with van der Waals surface area (Å²) >= 11 is 0. The number of likely N-dealkylation sites (tertiary alicyclic amines) is 1. The summed E-state index contributed by atoms with van der Waals surface area (Å²) in [6, 6.07) is 4.29. The predicted molar refractivity (Wildman–Crippen MR) is 53.8 cm³/mol. The molecule has 0 bridgehead atoms. The third-order valence-corrected chi connectivity index (χ3v) is 2.77. The van der Waals surface area contributed by atoms with E-state index in [0.717, 1.165) is 6.54 Å². The second-order valence-corrected chi connectivity index (χ2v) is 3.72. The van der Waals surface area contributed by atoms with E-state index < -0.39 is 0 Å². The molecule has 1 aromatic rings. The Morgan fingerprint density at radius 3 is 3.00 bits per heavy atom. The lowest BCUT2D eigenvalue weighted by Gasteiger charge is -2.22. The van der Waals surface area contributed by atoms with E-state index in [4.69, 9.17) is 0 Å². The van der Waals surface area contributed by atoms with Crippen LogP contribution in [0.4, 0.5) is 0 Å². The van der Waals surface area contributed by atoms with Gasteiger partial charge in [0.25, 0.3) is 0 Å². The van der Waals surface area contributed by atoms with Crippen LogP contribution in [0.3, 0.4) is 0 Å². The van der Waals surface area contributed by atoms with Crippen LogP contribution in [0.15, 0.2) is 24.5 Å². The van der Waals surface area contributed by atoms with Crippen LogP contribution < -0.4 is 0 Å². The van der Waals surface area contributed by atoms with Crippen LogP contribution in [-0.2, 0) is 4.79 Å². The fourth-order valence-electron chi connectivity index (χ4n) is 1.82. The minimum Gasteiger partial charge on any atom is -0.298 e. The molecule has 74 valence electrons. The van der Waals surface area contributed by atoms with Crippen molar-refractivity contribution >= 4 is 5.78 Å². The molecule has 1 aromatic heterocycles. The molecule has 2 rings (SSSR count). The first-order valence-corrected chi connectivity index (χ1v) is 4.93. The van der Waals surface area contributed by atoms with Gasteiger partial charge in [0.15, 0.2) is 0 Å². The molecule has 3 heteroatoms. The fourth-order valence-corrected chi connectivity index (χ4v) is 1.82. The van der Waals surface area contributed by atoms with Gasteiger partial charge in [-0.05, 0) is 18.6 Å². The van der Waals surface area contributed by atoms with Crippen LogP contribution in [0.2, 0.25) is 0 Å². The topological polar surface area (TPSA) is 33.2 Å². The van der Waals surface area contributed by atoms with Crippen molar-refractivity contribution in [1.29, 1.82) is 0 Å². The molecule has 1 saturated heterocycles. The van der Waals surface area contributed by atoms with Crippen LogP contribution >= 0.6 is 0 Å². The van der Waals surface area contributed by atoms with E-state index in [9.17, 15) is 4.79 Å². The van der Waals surface area contributed by atoms with Gasteiger partial charge in [-0.2, -0.15) is 0 Å². The quantitative estimate of drug-likeness (QED) is 0.707. The highest BCUT2D eigenvalue weighted by atomic mass is 16.1. The molecule has 0 N–H and O–H groups in total. The van der Waals surface area contributed by atoms with Gasteiger partial charge in [0.05, 0.1) is 6.54 Å². The van der Waals surface area contributed by atoms with Gasteiger partial charge in [0, 0.05) is 31.4 Å². The van der Waals surface area contributed by atoms with Crippen LogP contribution in [0.1, 0.15) is 24.9 Å². The molecule has 1 fully saturated rings. The fraction of sp³-hybridized carbons (Fsp3) is 0.455. The molecule has 1 atom stereocenters. The Balaban J connectivity index is 2.09. The number of pyridine rings is 1. The molecule has 14 heavy (non-hydrogen) atoms. The summed E-state index contributed by atoms with van der Waals surface area (Å²) in [6.45, 7) is 3.60. The number of Topliss-reactive ketones (excluding diaryl/α,β-unsaturated/α-hetero) is 1. The summed E-state index contributed by atoms with van der Waals surface area (Å²) in [5.41, 5.74) is 1.18. The average molecular weight is 190 g/mol. The number of hydrogen-bond donors (Lipinski definition) is 0. The first kappa shape index (κ1) is 9.34. The van der Waals surface area contributed by atoms with Gasteiger partial charge >= 0.3 is 0 Å². The zero-order chi connectivity index (χ0) is 9.97. The minimum atomic E-state index is 0.301. The van der Waals surface area contributed by atoms with Crippen molar-refractivity contribution in [3.05, 3.63) is 30.1 Å². The largest absolute Gasteiger partial charge is 0.298 e. The van der Waals surface area contributed by atoms with Crippen molar-refractivity contribution in [2.45, 2.75) is 19.4 Å². The van der Waals surface area contributed by atoms with E-state index in [2.05, 4.69) is 22.9 Å². The molecule has 0 spiro atoms. The normalized spacial score (nSPS) is 19.9. The molecule has 0 aromatic carbocycles. The number of rotatable bonds is 2. The van der Waals surface area contributed by atoms with Crippen molar-refractivity contribution in [1.82, 2.24) is 9.88 Å². The monoisotopic (exact) mass is 190 g/mol. The molecule has 0 amide bonds. The van der Waals surface area contributed by atoms with Gasteiger partial charge in [-0.1, -0.05) is 6.07 Å². The Labute approximate surface area is 83.8 Å². The highest BCUT2D eigenvalue weighted by Crippen LogP contribution is 2.22. The summed E-state index contributed by atoms with van der Waals surface area (Å²) in [7, 11) is 0. The number of carbonyl (C=O) groups is 1. The Hall–Kier alpha value is -1.22. The van der Waals surface area contributed by atoms with Gasteiger partial charge in [-0.25, -0.2) is 0 Å². The zero-order valence-corrected chi connectivity index (χ0v) is 8.31. The van der Waals surface area contributed by atoms with Gasteiger partial charge < -0.3 is 0 Å². The lowest BCUT2D eigenvalue weighted by Crippen LogP contribution is -2.24. The number of ketones is 1. The summed E-state index contributed by atoms with van der Waals surface area (Å²) in [6.07, 6.45) is 4.34. The molecular formula is C11H14N2O. The van der Waals surface area contributed by atoms with E-state index in [1.807, 2.05) is 12.3 Å². The highest BCUT2D eigenvalue weighted by molar-refractivity contribution is 5.82. The summed E-state index contributed by atoms with van der Waals surface area (Å²) in [5.74, 6) is 0.348. The van der Waals surface area contributed by atoms with E-state index in [0.29, 0.717) is 24.8 Å². The highest BCUT2D eigenvalue weighted by Gasteiger charge is 2.24. The molecule has 0 saturated carbocycles. The molecule has 1 unspecified atom stereocenters. The predicted octanol–water partition coefficient (Wildman–Crippen LogP) is 1.42. The number of carbonyl (C=O) groups excluding carboxylic acids is 1. The van der Waals surface area contributed by atoms with E-state index in [-0.39, 0.29) is 0 Å². The summed E-state index contributed by atoms with van der Waals surface area (Å²) in [4.78, 5) is 17.4. The second kappa shape index (κ2) is 3.88. The molecular weight excluding hydrogens is 176 g/mol. The van der Waals surface area contributed by atoms with E-state index >= 15 is 0 Å². The van der Waals surface area contributed by atoms with Crippen molar-refractivity contribution in [2.24, 2.45) is 0 Å². The molecule has 2 heterocycles. The standard InChI is InChI=1S/C11H14N2O/c1-9(10-3-2-5-12-7-10)13-6-4-11(14)8-13/h2-3,5,7,9H,4,6,8H2,1H3. The molecule has 1 aliphatic heterocycles. The number of hydrogen-bond acceptors (Lipinski definition) is 3. The summed E-state index contributed by atoms with van der Waals surface area (Å²) < 4.78 is 0. The average Bonchev–Trinajstić information content (AvgIpc) is 2.65. The van der Waals surface area contributed by atoms with Crippen LogP contribution in [0, 0.1) is 0 Å².